The second kappa shape index (κ2) is 7.01. The monoisotopic (exact) mass is 349 g/mol. The van der Waals surface area contributed by atoms with Crippen LogP contribution in [0.2, 0.25) is 0 Å². The number of aliphatic hydroxyl groups excluding tert-OH is 1. The Bertz CT molecular complexity index is 795. The molecule has 0 aromatic heterocycles. The summed E-state index contributed by atoms with van der Waals surface area (Å²) in [7, 11) is -3.89. The Labute approximate surface area is 141 Å². The molecule has 0 bridgehead atoms. The second-order valence-corrected chi connectivity index (χ2v) is 7.95. The quantitative estimate of drug-likeness (QED) is 0.923. The third kappa shape index (κ3) is 3.22. The number of hydrogen-bond acceptors (Lipinski definition) is 3. The molecule has 1 fully saturated rings. The van der Waals surface area contributed by atoms with Gasteiger partial charge < -0.3 is 5.11 Å². The van der Waals surface area contributed by atoms with Crippen molar-refractivity contribution in [2.24, 2.45) is 5.92 Å². The normalized spacial score (nSPS) is 22.4. The van der Waals surface area contributed by atoms with Crippen molar-refractivity contribution in [2.45, 2.75) is 17.2 Å². The lowest BCUT2D eigenvalue weighted by molar-refractivity contribution is 0.144. The lowest BCUT2D eigenvalue weighted by Crippen LogP contribution is -2.44. The van der Waals surface area contributed by atoms with Crippen LogP contribution in [-0.4, -0.2) is 37.5 Å². The predicted octanol–water partition coefficient (Wildman–Crippen LogP) is 2.61. The number of aliphatic hydroxyl groups is 1. The molecule has 24 heavy (non-hydrogen) atoms. The van der Waals surface area contributed by atoms with Gasteiger partial charge in [-0.1, -0.05) is 42.5 Å². The van der Waals surface area contributed by atoms with E-state index in [2.05, 4.69) is 0 Å². The minimum atomic E-state index is -3.89. The lowest BCUT2D eigenvalue weighted by Gasteiger charge is -2.37. The third-order valence-electron chi connectivity index (χ3n) is 4.61. The molecule has 1 aliphatic rings. The highest BCUT2D eigenvalue weighted by Gasteiger charge is 2.36. The molecule has 2 atom stereocenters. The van der Waals surface area contributed by atoms with Crippen LogP contribution in [0, 0.1) is 11.7 Å². The summed E-state index contributed by atoms with van der Waals surface area (Å²) in [5, 5.41) is 9.74. The standard InChI is InChI=1S/C18H20FNO3S/c19-17-8-4-5-9-18(17)24(22,23)20-11-10-16(15(12-20)13-21)14-6-2-1-3-7-14/h1-9,15-16,21H,10-13H2/t15-,16+/m1/s1. The molecular formula is C18H20FNO3S. The van der Waals surface area contributed by atoms with Gasteiger partial charge in [0.25, 0.3) is 0 Å². The van der Waals surface area contributed by atoms with Crippen LogP contribution in [0.5, 0.6) is 0 Å². The van der Waals surface area contributed by atoms with E-state index in [0.29, 0.717) is 13.0 Å². The minimum absolute atomic E-state index is 0.100. The molecule has 0 spiro atoms. The SMILES string of the molecule is O=S(=O)(c1ccccc1F)N1CC[C@@H](c2ccccc2)[C@@H](CO)C1. The van der Waals surface area contributed by atoms with E-state index in [-0.39, 0.29) is 29.9 Å². The van der Waals surface area contributed by atoms with Gasteiger partial charge >= 0.3 is 0 Å². The Morgan fingerprint density at radius 1 is 1.08 bits per heavy atom. The van der Waals surface area contributed by atoms with Gasteiger partial charge in [-0.25, -0.2) is 12.8 Å². The zero-order valence-corrected chi connectivity index (χ0v) is 14.0. The topological polar surface area (TPSA) is 57.6 Å². The summed E-state index contributed by atoms with van der Waals surface area (Å²) >= 11 is 0. The molecule has 1 heterocycles. The van der Waals surface area contributed by atoms with Crippen molar-refractivity contribution in [3.63, 3.8) is 0 Å². The molecule has 6 heteroatoms. The predicted molar refractivity (Wildman–Crippen MR) is 89.5 cm³/mol. The molecule has 4 nitrogen and oxygen atoms in total. The second-order valence-electron chi connectivity index (χ2n) is 6.04. The summed E-state index contributed by atoms with van der Waals surface area (Å²) in [6, 6.07) is 15.2. The molecule has 0 aliphatic carbocycles. The average Bonchev–Trinajstić information content (AvgIpc) is 2.62. The Balaban J connectivity index is 1.85. The van der Waals surface area contributed by atoms with Gasteiger partial charge in [0.2, 0.25) is 10.0 Å². The van der Waals surface area contributed by atoms with Crippen LogP contribution in [0.1, 0.15) is 17.9 Å². The van der Waals surface area contributed by atoms with E-state index in [4.69, 9.17) is 0 Å². The molecule has 1 N–H and O–H groups in total. The number of nitrogens with zero attached hydrogens (tertiary/aromatic N) is 1. The van der Waals surface area contributed by atoms with Crippen LogP contribution >= 0.6 is 0 Å². The van der Waals surface area contributed by atoms with Crippen LogP contribution in [0.4, 0.5) is 4.39 Å². The molecule has 0 saturated carbocycles. The molecule has 128 valence electrons. The van der Waals surface area contributed by atoms with Gasteiger partial charge in [-0.3, -0.25) is 0 Å². The molecular weight excluding hydrogens is 329 g/mol. The van der Waals surface area contributed by atoms with Crippen molar-refractivity contribution in [3.8, 4) is 0 Å². The van der Waals surface area contributed by atoms with Crippen LogP contribution in [0.3, 0.4) is 0 Å². The Hall–Kier alpha value is -1.76. The van der Waals surface area contributed by atoms with Crippen molar-refractivity contribution in [1.82, 2.24) is 4.31 Å². The Kier molecular flexibility index (Phi) is 4.99. The first-order valence-electron chi connectivity index (χ1n) is 7.94. The maximum absolute atomic E-state index is 13.9. The summed E-state index contributed by atoms with van der Waals surface area (Å²) in [4.78, 5) is -0.306. The number of hydrogen-bond donors (Lipinski definition) is 1. The van der Waals surface area contributed by atoms with Crippen LogP contribution in [0.25, 0.3) is 0 Å². The largest absolute Gasteiger partial charge is 0.396 e. The first-order chi connectivity index (χ1) is 11.5. The summed E-state index contributed by atoms with van der Waals surface area (Å²) in [6.45, 7) is 0.391. The maximum atomic E-state index is 13.9. The van der Waals surface area contributed by atoms with Crippen molar-refractivity contribution in [2.75, 3.05) is 19.7 Å². The van der Waals surface area contributed by atoms with Crippen molar-refractivity contribution in [3.05, 3.63) is 66.0 Å². The fourth-order valence-corrected chi connectivity index (χ4v) is 4.91. The van der Waals surface area contributed by atoms with E-state index >= 15 is 0 Å². The van der Waals surface area contributed by atoms with Gasteiger partial charge in [0.15, 0.2) is 0 Å². The first kappa shape index (κ1) is 17.1. The molecule has 0 amide bonds. The third-order valence-corrected chi connectivity index (χ3v) is 6.51. The highest BCUT2D eigenvalue weighted by Crippen LogP contribution is 2.35. The Morgan fingerprint density at radius 2 is 1.75 bits per heavy atom. The van der Waals surface area contributed by atoms with Gasteiger partial charge in [0.1, 0.15) is 10.7 Å². The van der Waals surface area contributed by atoms with Crippen LogP contribution < -0.4 is 0 Å². The smallest absolute Gasteiger partial charge is 0.245 e. The van der Waals surface area contributed by atoms with Crippen LogP contribution in [0.15, 0.2) is 59.5 Å². The average molecular weight is 349 g/mol. The number of halogens is 1. The van der Waals surface area contributed by atoms with Crippen LogP contribution in [-0.2, 0) is 10.0 Å². The van der Waals surface area contributed by atoms with Crippen molar-refractivity contribution in [1.29, 1.82) is 0 Å². The molecule has 0 radical (unpaired) electrons. The highest BCUT2D eigenvalue weighted by molar-refractivity contribution is 7.89. The van der Waals surface area contributed by atoms with E-state index in [1.807, 2.05) is 30.3 Å². The number of sulfonamides is 1. The summed E-state index contributed by atoms with van der Waals surface area (Å²) < 4.78 is 40.6. The highest BCUT2D eigenvalue weighted by atomic mass is 32.2. The maximum Gasteiger partial charge on any atom is 0.245 e. The summed E-state index contributed by atoms with van der Waals surface area (Å²) in [6.07, 6.45) is 0.600. The fraction of sp³-hybridized carbons (Fsp3) is 0.333. The zero-order chi connectivity index (χ0) is 17.2. The summed E-state index contributed by atoms with van der Waals surface area (Å²) in [5.41, 5.74) is 1.10. The van der Waals surface area contributed by atoms with Crippen molar-refractivity contribution >= 4 is 10.0 Å². The Morgan fingerprint density at radius 3 is 2.42 bits per heavy atom. The van der Waals surface area contributed by atoms with Gasteiger partial charge in [0.05, 0.1) is 0 Å². The van der Waals surface area contributed by atoms with E-state index in [9.17, 15) is 17.9 Å². The van der Waals surface area contributed by atoms with Gasteiger partial charge in [-0.05, 0) is 30.0 Å². The fourth-order valence-electron chi connectivity index (χ4n) is 3.33. The molecule has 3 rings (SSSR count). The van der Waals surface area contributed by atoms with E-state index < -0.39 is 15.8 Å². The van der Waals surface area contributed by atoms with E-state index in [1.165, 1.54) is 22.5 Å². The number of piperidine rings is 1. The van der Waals surface area contributed by atoms with E-state index in [1.54, 1.807) is 0 Å². The van der Waals surface area contributed by atoms with Gasteiger partial charge in [-0.15, -0.1) is 0 Å². The molecule has 2 aromatic rings. The van der Waals surface area contributed by atoms with Gasteiger partial charge in [0, 0.05) is 25.6 Å². The first-order valence-corrected chi connectivity index (χ1v) is 9.38. The minimum Gasteiger partial charge on any atom is -0.396 e. The van der Waals surface area contributed by atoms with Crippen molar-refractivity contribution < 1.29 is 17.9 Å². The van der Waals surface area contributed by atoms with Gasteiger partial charge in [-0.2, -0.15) is 4.31 Å². The molecule has 1 aliphatic heterocycles. The zero-order valence-electron chi connectivity index (χ0n) is 13.2. The summed E-state index contributed by atoms with van der Waals surface area (Å²) in [5.74, 6) is -0.853. The molecule has 1 saturated heterocycles. The van der Waals surface area contributed by atoms with E-state index in [0.717, 1.165) is 11.6 Å². The molecule has 0 unspecified atom stereocenters. The molecule has 2 aromatic carbocycles. The number of benzene rings is 2. The lowest BCUT2D eigenvalue weighted by atomic mass is 9.82. The number of rotatable bonds is 4.